The maximum Gasteiger partial charge on any atom is 0.0547 e. The second kappa shape index (κ2) is 5.29. The summed E-state index contributed by atoms with van der Waals surface area (Å²) in [6.45, 7) is 6.42. The molecule has 1 N–H and O–H groups in total. The standard InChI is InChI=1S/C14H22N2OS/c1-15-9-14(4-6-17-11-14)10-16-5-2-13-12(8-16)3-7-18-13/h3,7,15H,2,4-6,8-11H2,1H3. The minimum absolute atomic E-state index is 0.336. The van der Waals surface area contributed by atoms with Gasteiger partial charge in [-0.1, -0.05) is 0 Å². The second-order valence-electron chi connectivity index (χ2n) is 5.66. The van der Waals surface area contributed by atoms with Crippen molar-refractivity contribution >= 4 is 11.3 Å². The average molecular weight is 266 g/mol. The first-order chi connectivity index (χ1) is 8.81. The molecule has 0 bridgehead atoms. The minimum atomic E-state index is 0.336. The fraction of sp³-hybridized carbons (Fsp3) is 0.714. The number of nitrogens with zero attached hydrogens (tertiary/aromatic N) is 1. The molecule has 18 heavy (non-hydrogen) atoms. The molecule has 0 radical (unpaired) electrons. The summed E-state index contributed by atoms with van der Waals surface area (Å²) in [6, 6.07) is 2.29. The maximum absolute atomic E-state index is 5.64. The van der Waals surface area contributed by atoms with Crippen molar-refractivity contribution in [1.82, 2.24) is 10.2 Å². The van der Waals surface area contributed by atoms with Crippen LogP contribution in [0.25, 0.3) is 0 Å². The van der Waals surface area contributed by atoms with E-state index in [-0.39, 0.29) is 0 Å². The third-order valence-electron chi connectivity index (χ3n) is 4.18. The van der Waals surface area contributed by atoms with Gasteiger partial charge >= 0.3 is 0 Å². The molecule has 0 spiro atoms. The summed E-state index contributed by atoms with van der Waals surface area (Å²) in [6.07, 6.45) is 2.42. The van der Waals surface area contributed by atoms with E-state index in [0.29, 0.717) is 5.41 Å². The molecule has 3 heterocycles. The summed E-state index contributed by atoms with van der Waals surface area (Å²) in [5.41, 5.74) is 1.88. The van der Waals surface area contributed by atoms with Gasteiger partial charge in [0.1, 0.15) is 0 Å². The van der Waals surface area contributed by atoms with E-state index in [2.05, 4.69) is 21.7 Å². The highest BCUT2D eigenvalue weighted by atomic mass is 32.1. The molecular formula is C14H22N2OS. The van der Waals surface area contributed by atoms with Crippen LogP contribution in [0, 0.1) is 5.41 Å². The molecule has 3 rings (SSSR count). The fourth-order valence-electron chi connectivity index (χ4n) is 3.26. The van der Waals surface area contributed by atoms with Crippen molar-refractivity contribution in [3.8, 4) is 0 Å². The van der Waals surface area contributed by atoms with Gasteiger partial charge in [-0.3, -0.25) is 4.90 Å². The Morgan fingerprint density at radius 3 is 3.28 bits per heavy atom. The molecule has 1 unspecified atom stereocenters. The predicted octanol–water partition coefficient (Wildman–Crippen LogP) is 1.73. The van der Waals surface area contributed by atoms with Gasteiger partial charge < -0.3 is 10.1 Å². The third-order valence-corrected chi connectivity index (χ3v) is 5.21. The van der Waals surface area contributed by atoms with E-state index in [1.165, 1.54) is 25.9 Å². The number of ether oxygens (including phenoxy) is 1. The van der Waals surface area contributed by atoms with E-state index in [0.717, 1.165) is 26.3 Å². The monoisotopic (exact) mass is 266 g/mol. The molecule has 0 aromatic carbocycles. The van der Waals surface area contributed by atoms with E-state index in [1.807, 2.05) is 18.4 Å². The number of hydrogen-bond acceptors (Lipinski definition) is 4. The predicted molar refractivity (Wildman–Crippen MR) is 75.1 cm³/mol. The molecule has 1 aromatic rings. The molecule has 2 aliphatic rings. The smallest absolute Gasteiger partial charge is 0.0547 e. The molecule has 1 atom stereocenters. The Hall–Kier alpha value is -0.420. The van der Waals surface area contributed by atoms with E-state index >= 15 is 0 Å². The highest BCUT2D eigenvalue weighted by Crippen LogP contribution is 2.32. The van der Waals surface area contributed by atoms with Crippen LogP contribution in [0.2, 0.25) is 0 Å². The topological polar surface area (TPSA) is 24.5 Å². The quantitative estimate of drug-likeness (QED) is 0.898. The van der Waals surface area contributed by atoms with Crippen LogP contribution < -0.4 is 5.32 Å². The third kappa shape index (κ3) is 2.48. The van der Waals surface area contributed by atoms with Crippen LogP contribution in [0.15, 0.2) is 11.4 Å². The largest absolute Gasteiger partial charge is 0.381 e. The Morgan fingerprint density at radius 2 is 2.50 bits per heavy atom. The molecule has 0 saturated carbocycles. The first-order valence-electron chi connectivity index (χ1n) is 6.81. The van der Waals surface area contributed by atoms with Crippen molar-refractivity contribution in [2.24, 2.45) is 5.41 Å². The highest BCUT2D eigenvalue weighted by molar-refractivity contribution is 7.10. The summed E-state index contributed by atoms with van der Waals surface area (Å²) >= 11 is 1.92. The van der Waals surface area contributed by atoms with Crippen LogP contribution in [0.4, 0.5) is 0 Å². The van der Waals surface area contributed by atoms with Gasteiger partial charge in [0, 0.05) is 43.1 Å². The van der Waals surface area contributed by atoms with Crippen LogP contribution in [-0.2, 0) is 17.7 Å². The van der Waals surface area contributed by atoms with E-state index in [1.54, 1.807) is 10.4 Å². The number of fused-ring (bicyclic) bond motifs is 1. The number of nitrogens with one attached hydrogen (secondary N) is 1. The van der Waals surface area contributed by atoms with Crippen LogP contribution in [-0.4, -0.2) is 44.8 Å². The Bertz CT molecular complexity index is 398. The van der Waals surface area contributed by atoms with Gasteiger partial charge in [-0.15, -0.1) is 11.3 Å². The lowest BCUT2D eigenvalue weighted by molar-refractivity contribution is 0.104. The van der Waals surface area contributed by atoms with Crippen molar-refractivity contribution in [1.29, 1.82) is 0 Å². The van der Waals surface area contributed by atoms with Crippen LogP contribution in [0.5, 0.6) is 0 Å². The summed E-state index contributed by atoms with van der Waals surface area (Å²) in [5.74, 6) is 0. The first-order valence-corrected chi connectivity index (χ1v) is 7.69. The van der Waals surface area contributed by atoms with Crippen molar-refractivity contribution in [3.05, 3.63) is 21.9 Å². The van der Waals surface area contributed by atoms with Gasteiger partial charge in [-0.05, 0) is 36.9 Å². The van der Waals surface area contributed by atoms with Crippen LogP contribution in [0.3, 0.4) is 0 Å². The Morgan fingerprint density at radius 1 is 1.56 bits per heavy atom. The summed E-state index contributed by atoms with van der Waals surface area (Å²) in [5, 5.41) is 5.58. The van der Waals surface area contributed by atoms with E-state index in [9.17, 15) is 0 Å². The zero-order valence-electron chi connectivity index (χ0n) is 11.1. The minimum Gasteiger partial charge on any atom is -0.381 e. The lowest BCUT2D eigenvalue weighted by Crippen LogP contribution is -2.45. The van der Waals surface area contributed by atoms with Gasteiger partial charge in [0.2, 0.25) is 0 Å². The first kappa shape index (κ1) is 12.6. The van der Waals surface area contributed by atoms with Crippen LogP contribution in [0.1, 0.15) is 16.9 Å². The van der Waals surface area contributed by atoms with Gasteiger partial charge in [-0.2, -0.15) is 0 Å². The van der Waals surface area contributed by atoms with Gasteiger partial charge in [0.15, 0.2) is 0 Å². The number of thiophene rings is 1. The molecule has 1 fully saturated rings. The zero-order valence-corrected chi connectivity index (χ0v) is 11.9. The van der Waals surface area contributed by atoms with E-state index < -0.39 is 0 Å². The second-order valence-corrected chi connectivity index (χ2v) is 6.66. The number of rotatable bonds is 4. The zero-order chi connectivity index (χ0) is 12.4. The lowest BCUT2D eigenvalue weighted by Gasteiger charge is -2.36. The summed E-state index contributed by atoms with van der Waals surface area (Å²) in [7, 11) is 2.05. The number of hydrogen-bond donors (Lipinski definition) is 1. The van der Waals surface area contributed by atoms with Crippen molar-refractivity contribution in [2.45, 2.75) is 19.4 Å². The molecule has 4 heteroatoms. The van der Waals surface area contributed by atoms with Gasteiger partial charge in [0.25, 0.3) is 0 Å². The van der Waals surface area contributed by atoms with Gasteiger partial charge in [0.05, 0.1) is 6.61 Å². The molecule has 1 aromatic heterocycles. The maximum atomic E-state index is 5.64. The highest BCUT2D eigenvalue weighted by Gasteiger charge is 2.36. The Balaban J connectivity index is 1.66. The van der Waals surface area contributed by atoms with E-state index in [4.69, 9.17) is 4.74 Å². The normalized spacial score (nSPS) is 28.5. The van der Waals surface area contributed by atoms with Crippen LogP contribution >= 0.6 is 11.3 Å². The molecular weight excluding hydrogens is 244 g/mol. The molecule has 1 saturated heterocycles. The summed E-state index contributed by atoms with van der Waals surface area (Å²) in [4.78, 5) is 4.21. The molecule has 0 aliphatic carbocycles. The molecule has 0 amide bonds. The Kier molecular flexibility index (Phi) is 3.71. The van der Waals surface area contributed by atoms with Gasteiger partial charge in [-0.25, -0.2) is 0 Å². The van der Waals surface area contributed by atoms with Crippen molar-refractivity contribution in [2.75, 3.05) is 39.9 Å². The van der Waals surface area contributed by atoms with Crippen molar-refractivity contribution in [3.63, 3.8) is 0 Å². The lowest BCUT2D eigenvalue weighted by atomic mass is 9.86. The summed E-state index contributed by atoms with van der Waals surface area (Å²) < 4.78 is 5.64. The average Bonchev–Trinajstić information content (AvgIpc) is 2.98. The Labute approximate surface area is 113 Å². The van der Waals surface area contributed by atoms with Crippen molar-refractivity contribution < 1.29 is 4.74 Å². The molecule has 2 aliphatic heterocycles. The SMILES string of the molecule is CNCC1(CN2CCc3sccc3C2)CCOC1. The molecule has 3 nitrogen and oxygen atoms in total. The fourth-order valence-corrected chi connectivity index (χ4v) is 4.15. The molecule has 100 valence electrons.